The summed E-state index contributed by atoms with van der Waals surface area (Å²) in [5.41, 5.74) is 0. The second-order valence-electron chi connectivity index (χ2n) is 6.58. The molecule has 0 aromatic heterocycles. The Balaban J connectivity index is 3.13. The van der Waals surface area contributed by atoms with Gasteiger partial charge in [-0.05, 0) is 32.1 Å². The fraction of sp³-hybridized carbons (Fsp3) is 0.895. The number of rotatable bonds is 17. The first-order valence-corrected chi connectivity index (χ1v) is 11.3. The first kappa shape index (κ1) is 22.6. The van der Waals surface area contributed by atoms with E-state index in [0.29, 0.717) is 6.42 Å². The molecule has 0 rings (SSSR count). The third kappa shape index (κ3) is 21.6. The van der Waals surface area contributed by atoms with E-state index in [1.807, 2.05) is 0 Å². The third-order valence-electron chi connectivity index (χ3n) is 4.16. The molecule has 0 aromatic rings. The van der Waals surface area contributed by atoms with Crippen LogP contribution in [-0.4, -0.2) is 18.7 Å². The van der Waals surface area contributed by atoms with Crippen LogP contribution in [0.15, 0.2) is 12.2 Å². The molecule has 0 bridgehead atoms. The zero-order chi connectivity index (χ0) is 17.2. The van der Waals surface area contributed by atoms with E-state index in [4.69, 9.17) is 4.55 Å². The fourth-order valence-electron chi connectivity index (χ4n) is 2.71. The van der Waals surface area contributed by atoms with E-state index in [1.165, 1.54) is 77.0 Å². The van der Waals surface area contributed by atoms with Crippen molar-refractivity contribution in [1.82, 2.24) is 0 Å². The van der Waals surface area contributed by atoms with Crippen molar-refractivity contribution in [3.63, 3.8) is 0 Å². The predicted molar refractivity (Wildman–Crippen MR) is 100 cm³/mol. The van der Waals surface area contributed by atoms with Crippen molar-refractivity contribution in [3.05, 3.63) is 12.2 Å². The SMILES string of the molecule is CCCCCCCC/C=C\CCCCCCCCCS(=O)(=O)O. The lowest BCUT2D eigenvalue weighted by Gasteiger charge is -2.01. The lowest BCUT2D eigenvalue weighted by molar-refractivity contribution is 0.478. The summed E-state index contributed by atoms with van der Waals surface area (Å²) in [6.45, 7) is 2.26. The van der Waals surface area contributed by atoms with Crippen molar-refractivity contribution in [2.75, 3.05) is 5.75 Å². The highest BCUT2D eigenvalue weighted by atomic mass is 32.2. The van der Waals surface area contributed by atoms with Crippen LogP contribution in [0, 0.1) is 0 Å². The summed E-state index contributed by atoms with van der Waals surface area (Å²) in [7, 11) is -3.75. The normalized spacial score (nSPS) is 12.3. The summed E-state index contributed by atoms with van der Waals surface area (Å²) >= 11 is 0. The van der Waals surface area contributed by atoms with Crippen molar-refractivity contribution in [3.8, 4) is 0 Å². The molecule has 4 heteroatoms. The van der Waals surface area contributed by atoms with Crippen LogP contribution in [-0.2, 0) is 10.1 Å². The molecule has 3 nitrogen and oxygen atoms in total. The van der Waals surface area contributed by atoms with E-state index in [0.717, 1.165) is 12.8 Å². The average molecular weight is 347 g/mol. The Labute approximate surface area is 144 Å². The van der Waals surface area contributed by atoms with Crippen LogP contribution in [0.3, 0.4) is 0 Å². The van der Waals surface area contributed by atoms with Gasteiger partial charge in [0, 0.05) is 0 Å². The van der Waals surface area contributed by atoms with Crippen LogP contribution < -0.4 is 0 Å². The molecule has 0 unspecified atom stereocenters. The van der Waals surface area contributed by atoms with E-state index in [-0.39, 0.29) is 5.75 Å². The molecular formula is C19H38O3S. The van der Waals surface area contributed by atoms with Gasteiger partial charge in [0.1, 0.15) is 0 Å². The minimum absolute atomic E-state index is 0.0869. The van der Waals surface area contributed by atoms with Gasteiger partial charge < -0.3 is 0 Å². The van der Waals surface area contributed by atoms with Gasteiger partial charge in [0.05, 0.1) is 5.75 Å². The Bertz CT molecular complexity index is 361. The highest BCUT2D eigenvalue weighted by Gasteiger charge is 2.02. The zero-order valence-corrected chi connectivity index (χ0v) is 16.0. The van der Waals surface area contributed by atoms with Gasteiger partial charge in [0.2, 0.25) is 0 Å². The number of hydrogen-bond donors (Lipinski definition) is 1. The van der Waals surface area contributed by atoms with Gasteiger partial charge >= 0.3 is 0 Å². The molecule has 0 aliphatic heterocycles. The fourth-order valence-corrected chi connectivity index (χ4v) is 3.28. The van der Waals surface area contributed by atoms with Crippen molar-refractivity contribution in [2.45, 2.75) is 103 Å². The highest BCUT2D eigenvalue weighted by Crippen LogP contribution is 2.10. The second-order valence-corrected chi connectivity index (χ2v) is 8.15. The Morgan fingerprint density at radius 1 is 0.652 bits per heavy atom. The number of allylic oxidation sites excluding steroid dienone is 2. The maximum Gasteiger partial charge on any atom is 0.264 e. The van der Waals surface area contributed by atoms with Gasteiger partial charge in [0.25, 0.3) is 10.1 Å². The Morgan fingerprint density at radius 2 is 1.04 bits per heavy atom. The molecule has 0 saturated carbocycles. The van der Waals surface area contributed by atoms with E-state index in [1.54, 1.807) is 0 Å². The van der Waals surface area contributed by atoms with Gasteiger partial charge in [-0.1, -0.05) is 83.3 Å². The lowest BCUT2D eigenvalue weighted by Crippen LogP contribution is -2.03. The lowest BCUT2D eigenvalue weighted by atomic mass is 10.1. The van der Waals surface area contributed by atoms with E-state index < -0.39 is 10.1 Å². The highest BCUT2D eigenvalue weighted by molar-refractivity contribution is 7.85. The average Bonchev–Trinajstić information content (AvgIpc) is 2.49. The van der Waals surface area contributed by atoms with Crippen LogP contribution in [0.25, 0.3) is 0 Å². The Hall–Kier alpha value is -0.350. The molecule has 0 fully saturated rings. The Kier molecular flexibility index (Phi) is 16.3. The third-order valence-corrected chi connectivity index (χ3v) is 4.97. The van der Waals surface area contributed by atoms with Crippen molar-refractivity contribution in [2.24, 2.45) is 0 Å². The van der Waals surface area contributed by atoms with Crippen molar-refractivity contribution >= 4 is 10.1 Å². The summed E-state index contributed by atoms with van der Waals surface area (Å²) in [4.78, 5) is 0. The molecule has 0 aliphatic rings. The smallest absolute Gasteiger partial charge is 0.264 e. The zero-order valence-electron chi connectivity index (χ0n) is 15.1. The maximum atomic E-state index is 10.5. The van der Waals surface area contributed by atoms with Gasteiger partial charge in [-0.25, -0.2) is 0 Å². The molecule has 0 heterocycles. The van der Waals surface area contributed by atoms with Crippen LogP contribution in [0.4, 0.5) is 0 Å². The van der Waals surface area contributed by atoms with Crippen LogP contribution in [0.5, 0.6) is 0 Å². The maximum absolute atomic E-state index is 10.5. The molecule has 0 aliphatic carbocycles. The van der Waals surface area contributed by atoms with Crippen LogP contribution in [0.2, 0.25) is 0 Å². The van der Waals surface area contributed by atoms with E-state index >= 15 is 0 Å². The molecule has 0 spiro atoms. The topological polar surface area (TPSA) is 54.4 Å². The minimum Gasteiger partial charge on any atom is -0.286 e. The predicted octanol–water partition coefficient (Wildman–Crippen LogP) is 6.30. The molecule has 0 aromatic carbocycles. The van der Waals surface area contributed by atoms with Gasteiger partial charge in [-0.15, -0.1) is 0 Å². The summed E-state index contributed by atoms with van der Waals surface area (Å²) in [6.07, 6.45) is 22.8. The molecular weight excluding hydrogens is 308 g/mol. The van der Waals surface area contributed by atoms with Crippen LogP contribution in [0.1, 0.15) is 103 Å². The van der Waals surface area contributed by atoms with E-state index in [9.17, 15) is 8.42 Å². The monoisotopic (exact) mass is 346 g/mol. The summed E-state index contributed by atoms with van der Waals surface area (Å²) in [6, 6.07) is 0. The summed E-state index contributed by atoms with van der Waals surface area (Å²) in [5.74, 6) is -0.0869. The van der Waals surface area contributed by atoms with Crippen molar-refractivity contribution < 1.29 is 13.0 Å². The second kappa shape index (κ2) is 16.5. The molecule has 23 heavy (non-hydrogen) atoms. The molecule has 138 valence electrons. The molecule has 1 N–H and O–H groups in total. The molecule has 0 atom stereocenters. The van der Waals surface area contributed by atoms with Gasteiger partial charge in [0.15, 0.2) is 0 Å². The quantitative estimate of drug-likeness (QED) is 0.191. The van der Waals surface area contributed by atoms with Crippen LogP contribution >= 0.6 is 0 Å². The minimum atomic E-state index is -3.75. The van der Waals surface area contributed by atoms with Gasteiger partial charge in [-0.3, -0.25) is 4.55 Å². The molecule has 0 radical (unpaired) electrons. The summed E-state index contributed by atoms with van der Waals surface area (Å²) < 4.78 is 29.7. The number of hydrogen-bond acceptors (Lipinski definition) is 2. The standard InChI is InChI=1S/C19H38O3S/c1-2-3-4-5-6-7-8-9-10-11-12-13-14-15-16-17-18-19-23(20,21)22/h9-10H,2-8,11-19H2,1H3,(H,20,21,22)/b10-9-. The largest absolute Gasteiger partial charge is 0.286 e. The summed E-state index contributed by atoms with van der Waals surface area (Å²) in [5, 5.41) is 0. The first-order valence-electron chi connectivity index (χ1n) is 9.66. The number of unbranched alkanes of at least 4 members (excludes halogenated alkanes) is 13. The first-order chi connectivity index (χ1) is 11.1. The Morgan fingerprint density at radius 3 is 1.48 bits per heavy atom. The van der Waals surface area contributed by atoms with Gasteiger partial charge in [-0.2, -0.15) is 8.42 Å². The van der Waals surface area contributed by atoms with E-state index in [2.05, 4.69) is 19.1 Å². The molecule has 0 saturated heterocycles. The van der Waals surface area contributed by atoms with Crippen molar-refractivity contribution in [1.29, 1.82) is 0 Å². The molecule has 0 amide bonds.